The zero-order valence-corrected chi connectivity index (χ0v) is 33.0. The van der Waals surface area contributed by atoms with E-state index in [0.717, 1.165) is 16.0 Å². The van der Waals surface area contributed by atoms with Crippen LogP contribution in [0.15, 0.2) is 54.1 Å². The van der Waals surface area contributed by atoms with E-state index in [0.29, 0.717) is 17.9 Å². The molecule has 3 aliphatic heterocycles. The number of carbonyl (C=O) groups excluding carboxylic acids is 3. The van der Waals surface area contributed by atoms with Crippen LogP contribution in [0, 0.1) is 5.92 Å². The molecule has 2 amide bonds. The summed E-state index contributed by atoms with van der Waals surface area (Å²) in [4.78, 5) is 43.9. The Morgan fingerprint density at radius 1 is 1.22 bits per heavy atom. The zero-order chi connectivity index (χ0) is 40.6. The molecule has 0 saturated carbocycles. The Hall–Kier alpha value is -4.22. The van der Waals surface area contributed by atoms with Crippen LogP contribution in [0.3, 0.4) is 0 Å². The van der Waals surface area contributed by atoms with Gasteiger partial charge < -0.3 is 54.5 Å². The minimum Gasteiger partial charge on any atom is -0.506 e. The number of aromatic hydroxyl groups is 1. The van der Waals surface area contributed by atoms with Crippen molar-refractivity contribution in [3.8, 4) is 11.5 Å². The maximum absolute atomic E-state index is 14.2. The minimum atomic E-state index is -1.76. The third-order valence-electron chi connectivity index (χ3n) is 10.8. The van der Waals surface area contributed by atoms with Gasteiger partial charge in [-0.05, 0) is 63.1 Å². The highest BCUT2D eigenvalue weighted by Crippen LogP contribution is 2.49. The number of benzene rings is 2. The predicted molar refractivity (Wildman–Crippen MR) is 203 cm³/mol. The van der Waals surface area contributed by atoms with Gasteiger partial charge >= 0.3 is 5.97 Å². The lowest BCUT2D eigenvalue weighted by atomic mass is 9.83. The van der Waals surface area contributed by atoms with Crippen LogP contribution in [0.2, 0.25) is 5.02 Å². The number of allylic oxidation sites excluding steroid dienone is 3. The quantitative estimate of drug-likeness (QED) is 0.124. The van der Waals surface area contributed by atoms with E-state index in [9.17, 15) is 29.7 Å². The van der Waals surface area contributed by atoms with Gasteiger partial charge in [-0.2, -0.15) is 0 Å². The first-order chi connectivity index (χ1) is 25.8. The molecule has 55 heavy (non-hydrogen) atoms. The summed E-state index contributed by atoms with van der Waals surface area (Å²) in [7, 11) is 5.89. The average molecular weight is 787 g/mol. The molecular weight excluding hydrogens is 736 g/mol. The number of nitrogens with zero attached hydrogens (tertiary/aromatic N) is 2. The van der Waals surface area contributed by atoms with Crippen LogP contribution >= 0.6 is 11.6 Å². The Bertz CT molecular complexity index is 1860. The van der Waals surface area contributed by atoms with E-state index in [4.69, 9.17) is 41.0 Å². The second-order valence-corrected chi connectivity index (χ2v) is 15.1. The summed E-state index contributed by atoms with van der Waals surface area (Å²) in [6.07, 6.45) is 0.277. The smallest absolute Gasteiger partial charge is 0.328 e. The molecule has 2 saturated heterocycles. The number of anilines is 2. The van der Waals surface area contributed by atoms with Gasteiger partial charge in [-0.25, -0.2) is 10.1 Å². The monoisotopic (exact) mass is 786 g/mol. The lowest BCUT2D eigenvalue weighted by molar-refractivity contribution is -0.270. The number of amides is 2. The number of halogens is 1. The van der Waals surface area contributed by atoms with E-state index in [1.165, 1.54) is 51.3 Å². The molecule has 300 valence electrons. The van der Waals surface area contributed by atoms with Crippen LogP contribution < -0.4 is 20.7 Å². The molecule has 5 rings (SSSR count). The largest absolute Gasteiger partial charge is 0.506 e. The molecule has 16 heteroatoms. The van der Waals surface area contributed by atoms with Crippen molar-refractivity contribution in [3.63, 3.8) is 0 Å². The van der Waals surface area contributed by atoms with Gasteiger partial charge in [-0.3, -0.25) is 9.59 Å². The van der Waals surface area contributed by atoms with E-state index in [-0.39, 0.29) is 34.9 Å². The molecule has 2 aromatic rings. The molecule has 1 unspecified atom stereocenters. The number of aliphatic hydroxyl groups excluding tert-OH is 1. The molecule has 4 bridgehead atoms. The van der Waals surface area contributed by atoms with Crippen molar-refractivity contribution < 1.29 is 53.4 Å². The van der Waals surface area contributed by atoms with Crippen molar-refractivity contribution in [1.29, 1.82) is 0 Å². The average Bonchev–Trinajstić information content (AvgIpc) is 3.84. The van der Waals surface area contributed by atoms with Crippen molar-refractivity contribution in [2.24, 2.45) is 5.92 Å². The third kappa shape index (κ3) is 8.78. The summed E-state index contributed by atoms with van der Waals surface area (Å²) in [5, 5.41) is 35.5. The topological polar surface area (TPSA) is 206 Å². The molecule has 2 fully saturated rings. The van der Waals surface area contributed by atoms with Crippen LogP contribution in [0.1, 0.15) is 56.5 Å². The molecule has 3 heterocycles. The van der Waals surface area contributed by atoms with Gasteiger partial charge in [-0.15, -0.1) is 0 Å². The molecule has 0 aromatic heterocycles. The number of nitrogens with two attached hydrogens (primary N) is 1. The Balaban J connectivity index is 1.52. The van der Waals surface area contributed by atoms with Crippen LogP contribution in [0.25, 0.3) is 0 Å². The highest BCUT2D eigenvalue weighted by Gasteiger charge is 2.64. The number of ether oxygens (including phenoxy) is 5. The summed E-state index contributed by atoms with van der Waals surface area (Å²) in [5.41, 5.74) is 4.97. The first kappa shape index (κ1) is 41.9. The van der Waals surface area contributed by atoms with Crippen LogP contribution in [-0.4, -0.2) is 115 Å². The number of nitrogen functional groups attached to an aromatic ring is 1. The fourth-order valence-corrected chi connectivity index (χ4v) is 7.48. The van der Waals surface area contributed by atoms with E-state index < -0.39 is 71.9 Å². The van der Waals surface area contributed by atoms with E-state index >= 15 is 0 Å². The molecule has 0 aliphatic carbocycles. The standard InChI is InChI=1S/C39H51ClN4O11/c1-20-10-9-11-30(52-8)39(50)19-29(53-37(49)42-39)21(2)34-38(4,55-34)31(18-32(46)44(6)26-15-23(14-20)16-28(51-7)33(26)40)54-36(48)22(3)43(5)35(47)24-12-13-25(41)27(45)17-24/h9-13,15-17,21-22,29-31,34,37,42,45,49-50H,14,18-19,41H2,1-8H3/b11-9+,20-10+/t21-,22+,29+,30-,31+,34+,37?,38+,39+/m1/s1. The first-order valence-electron chi connectivity index (χ1n) is 17.9. The summed E-state index contributed by atoms with van der Waals surface area (Å²) in [6.45, 7) is 6.91. The first-order valence-corrected chi connectivity index (χ1v) is 18.3. The fraction of sp³-hybridized carbons (Fsp3) is 0.513. The minimum absolute atomic E-state index is 0.0202. The number of likely N-dealkylation sites (N-methyl/N-ethyl adjacent to an activating group) is 1. The van der Waals surface area contributed by atoms with Gasteiger partial charge in [0.15, 0.2) is 5.72 Å². The number of carbonyl (C=O) groups is 3. The predicted octanol–water partition coefficient (Wildman–Crippen LogP) is 3.27. The highest BCUT2D eigenvalue weighted by atomic mass is 35.5. The number of rotatable bonds is 6. The number of aliphatic hydroxyl groups is 2. The lowest BCUT2D eigenvalue weighted by Gasteiger charge is -2.44. The number of phenolic OH excluding ortho intramolecular Hbond substituents is 1. The van der Waals surface area contributed by atoms with E-state index in [2.05, 4.69) is 5.32 Å². The third-order valence-corrected chi connectivity index (χ3v) is 11.2. The van der Waals surface area contributed by atoms with Gasteiger partial charge in [0.2, 0.25) is 12.3 Å². The number of hydrogen-bond donors (Lipinski definition) is 5. The van der Waals surface area contributed by atoms with Gasteiger partial charge in [0.1, 0.15) is 40.4 Å². The number of epoxide rings is 1. The zero-order valence-electron chi connectivity index (χ0n) is 32.2. The Morgan fingerprint density at radius 3 is 2.58 bits per heavy atom. The Morgan fingerprint density at radius 2 is 1.93 bits per heavy atom. The molecular formula is C39H51ClN4O11. The van der Waals surface area contributed by atoms with Crippen LogP contribution in [0.4, 0.5) is 11.4 Å². The number of methoxy groups -OCH3 is 2. The van der Waals surface area contributed by atoms with Crippen molar-refractivity contribution in [2.45, 2.75) is 95.2 Å². The van der Waals surface area contributed by atoms with Crippen molar-refractivity contribution >= 4 is 40.8 Å². The summed E-state index contributed by atoms with van der Waals surface area (Å²) >= 11 is 6.76. The molecule has 2 aromatic carbocycles. The van der Waals surface area contributed by atoms with Gasteiger partial charge in [0.05, 0.1) is 37.1 Å². The number of fused-ring (bicyclic) bond motifs is 5. The number of nitrogens with one attached hydrogen (secondary N) is 1. The Kier molecular flexibility index (Phi) is 12.6. The van der Waals surface area contributed by atoms with Gasteiger partial charge in [-0.1, -0.05) is 42.3 Å². The Labute approximate surface area is 325 Å². The molecule has 15 nitrogen and oxygen atoms in total. The second-order valence-electron chi connectivity index (χ2n) is 14.7. The summed E-state index contributed by atoms with van der Waals surface area (Å²) in [6, 6.07) is 6.44. The van der Waals surface area contributed by atoms with Crippen molar-refractivity contribution in [2.75, 3.05) is 38.9 Å². The molecule has 6 N–H and O–H groups in total. The van der Waals surface area contributed by atoms with Gasteiger partial charge in [0.25, 0.3) is 5.91 Å². The maximum Gasteiger partial charge on any atom is 0.328 e. The fourth-order valence-electron chi connectivity index (χ4n) is 7.17. The number of phenols is 1. The number of hydrogen-bond acceptors (Lipinski definition) is 13. The normalized spacial score (nSPS) is 32.0. The molecule has 9 atom stereocenters. The van der Waals surface area contributed by atoms with Crippen LogP contribution in [-0.2, 0) is 35.0 Å². The van der Waals surface area contributed by atoms with Gasteiger partial charge in [0, 0.05) is 39.1 Å². The second kappa shape index (κ2) is 16.5. The SMILES string of the molecule is COc1cc2cc(c1Cl)N(C)C(=O)C[C@H](OC(=O)[C@H](C)N(C)C(=O)c1ccc(N)c(O)c1)[C@]1(C)O[C@H]1[C@H](C)[C@@H]1C[C@@](O)(NC(O)O1)[C@H](OC)/C=C/C=C(\C)C2. The maximum atomic E-state index is 14.2. The van der Waals surface area contributed by atoms with E-state index in [1.807, 2.05) is 19.9 Å². The summed E-state index contributed by atoms with van der Waals surface area (Å²) < 4.78 is 29.4. The van der Waals surface area contributed by atoms with Crippen molar-refractivity contribution in [3.05, 3.63) is 70.3 Å². The summed E-state index contributed by atoms with van der Waals surface area (Å²) in [5.74, 6) is -2.30. The van der Waals surface area contributed by atoms with E-state index in [1.54, 1.807) is 38.3 Å². The molecule has 0 radical (unpaired) electrons. The number of esters is 1. The molecule has 0 spiro atoms. The highest BCUT2D eigenvalue weighted by molar-refractivity contribution is 6.35. The van der Waals surface area contributed by atoms with Crippen LogP contribution in [0.5, 0.6) is 11.5 Å². The molecule has 3 aliphatic rings. The van der Waals surface area contributed by atoms with Crippen molar-refractivity contribution in [1.82, 2.24) is 10.2 Å². The lowest BCUT2D eigenvalue weighted by Crippen LogP contribution is -2.65.